The van der Waals surface area contributed by atoms with Crippen molar-refractivity contribution in [1.29, 1.82) is 0 Å². The van der Waals surface area contributed by atoms with Gasteiger partial charge in [-0.2, -0.15) is 0 Å². The molecule has 0 heterocycles. The van der Waals surface area contributed by atoms with Gasteiger partial charge in [0.2, 0.25) is 0 Å². The lowest BCUT2D eigenvalue weighted by Gasteiger charge is -2.16. The minimum absolute atomic E-state index is 0.132. The zero-order valence-electron chi connectivity index (χ0n) is 15.4. The van der Waals surface area contributed by atoms with Gasteiger partial charge in [0.25, 0.3) is 0 Å². The van der Waals surface area contributed by atoms with Gasteiger partial charge in [0, 0.05) is 0 Å². The Hall–Kier alpha value is -2.40. The van der Waals surface area contributed by atoms with Crippen LogP contribution in [-0.2, 0) is 17.8 Å². The first-order valence-corrected chi connectivity index (χ1v) is 8.80. The molecule has 0 amide bonds. The van der Waals surface area contributed by atoms with Crippen molar-refractivity contribution >= 4 is 17.8 Å². The van der Waals surface area contributed by atoms with Gasteiger partial charge in [-0.05, 0) is 55.7 Å². The van der Waals surface area contributed by atoms with Gasteiger partial charge in [-0.15, -0.1) is 0 Å². The van der Waals surface area contributed by atoms with Crippen LogP contribution in [0.1, 0.15) is 30.5 Å². The summed E-state index contributed by atoms with van der Waals surface area (Å²) in [5.41, 5.74) is 2.89. The van der Waals surface area contributed by atoms with Gasteiger partial charge in [0.15, 0.2) is 0 Å². The standard InChI is InChI=1S/C20H23ClO5/c1-5-14-11-16(21)19(10-13(14)3)25-12-15-17(24-6-2)8-7-9-18(15)26-20(22)23-4/h7-11H,5-6,12H2,1-4H3. The SMILES string of the molecule is CCOc1cccc(OC(=O)OC)c1COc1cc(C)c(CC)cc1Cl. The number of ether oxygens (including phenoxy) is 4. The molecule has 0 aliphatic rings. The van der Waals surface area contributed by atoms with E-state index in [9.17, 15) is 4.79 Å². The molecule has 140 valence electrons. The molecule has 0 atom stereocenters. The van der Waals surface area contributed by atoms with E-state index < -0.39 is 6.16 Å². The normalized spacial score (nSPS) is 10.3. The molecule has 0 fully saturated rings. The van der Waals surface area contributed by atoms with Crippen molar-refractivity contribution in [3.63, 3.8) is 0 Å². The summed E-state index contributed by atoms with van der Waals surface area (Å²) >= 11 is 6.33. The molecule has 0 aromatic heterocycles. The van der Waals surface area contributed by atoms with Crippen molar-refractivity contribution in [2.75, 3.05) is 13.7 Å². The second kappa shape index (κ2) is 9.34. The number of carbonyl (C=O) groups is 1. The Morgan fingerprint density at radius 2 is 1.81 bits per heavy atom. The van der Waals surface area contributed by atoms with Crippen molar-refractivity contribution in [2.45, 2.75) is 33.8 Å². The summed E-state index contributed by atoms with van der Waals surface area (Å²) in [6, 6.07) is 9.00. The maximum atomic E-state index is 11.5. The average molecular weight is 379 g/mol. The Bertz CT molecular complexity index is 773. The van der Waals surface area contributed by atoms with Crippen LogP contribution < -0.4 is 14.2 Å². The van der Waals surface area contributed by atoms with E-state index in [2.05, 4.69) is 11.7 Å². The molecule has 26 heavy (non-hydrogen) atoms. The largest absolute Gasteiger partial charge is 0.513 e. The minimum atomic E-state index is -0.805. The van der Waals surface area contributed by atoms with Crippen LogP contribution in [0.25, 0.3) is 0 Å². The summed E-state index contributed by atoms with van der Waals surface area (Å²) in [6.07, 6.45) is 0.0944. The van der Waals surface area contributed by atoms with Crippen LogP contribution in [0.15, 0.2) is 30.3 Å². The topological polar surface area (TPSA) is 54.0 Å². The minimum Gasteiger partial charge on any atom is -0.493 e. The van der Waals surface area contributed by atoms with E-state index in [4.69, 9.17) is 25.8 Å². The molecule has 0 saturated carbocycles. The molecule has 2 aromatic rings. The van der Waals surface area contributed by atoms with Crippen LogP contribution in [0, 0.1) is 6.92 Å². The molecule has 0 aliphatic heterocycles. The molecule has 5 nitrogen and oxygen atoms in total. The Morgan fingerprint density at radius 1 is 1.08 bits per heavy atom. The zero-order valence-corrected chi connectivity index (χ0v) is 16.2. The summed E-state index contributed by atoms with van der Waals surface area (Å²) in [7, 11) is 1.25. The Kier molecular flexibility index (Phi) is 7.16. The molecule has 0 aliphatic carbocycles. The third-order valence-electron chi connectivity index (χ3n) is 3.89. The van der Waals surface area contributed by atoms with Crippen LogP contribution in [0.5, 0.6) is 17.2 Å². The molecular weight excluding hydrogens is 356 g/mol. The van der Waals surface area contributed by atoms with Gasteiger partial charge < -0.3 is 18.9 Å². The summed E-state index contributed by atoms with van der Waals surface area (Å²) in [5.74, 6) is 1.46. The quantitative estimate of drug-likeness (QED) is 0.481. The molecule has 0 N–H and O–H groups in total. The summed E-state index contributed by atoms with van der Waals surface area (Å²) in [5, 5.41) is 0.539. The smallest absolute Gasteiger partial charge is 0.493 e. The highest BCUT2D eigenvalue weighted by molar-refractivity contribution is 6.32. The highest BCUT2D eigenvalue weighted by Crippen LogP contribution is 2.33. The maximum absolute atomic E-state index is 11.5. The lowest BCUT2D eigenvalue weighted by Crippen LogP contribution is -2.11. The van der Waals surface area contributed by atoms with Crippen molar-refractivity contribution < 1.29 is 23.7 Å². The van der Waals surface area contributed by atoms with Gasteiger partial charge in [-0.25, -0.2) is 4.79 Å². The predicted molar refractivity (Wildman–Crippen MR) is 101 cm³/mol. The fourth-order valence-electron chi connectivity index (χ4n) is 2.54. The Labute approximate surface area is 158 Å². The van der Waals surface area contributed by atoms with Gasteiger partial charge in [0.05, 0.1) is 24.3 Å². The second-order valence-electron chi connectivity index (χ2n) is 5.57. The van der Waals surface area contributed by atoms with Crippen LogP contribution in [0.4, 0.5) is 4.79 Å². The predicted octanol–water partition coefficient (Wildman–Crippen LogP) is 5.33. The number of hydrogen-bond donors (Lipinski definition) is 0. The monoisotopic (exact) mass is 378 g/mol. The molecular formula is C20H23ClO5. The van der Waals surface area contributed by atoms with Gasteiger partial charge in [-0.1, -0.05) is 24.6 Å². The number of halogens is 1. The highest BCUT2D eigenvalue weighted by atomic mass is 35.5. The first-order chi connectivity index (χ1) is 12.5. The molecule has 0 bridgehead atoms. The van der Waals surface area contributed by atoms with Crippen molar-refractivity contribution in [3.05, 3.63) is 52.0 Å². The number of methoxy groups -OCH3 is 1. The van der Waals surface area contributed by atoms with Crippen LogP contribution in [0.2, 0.25) is 5.02 Å². The first-order valence-electron chi connectivity index (χ1n) is 8.42. The molecule has 0 spiro atoms. The highest BCUT2D eigenvalue weighted by Gasteiger charge is 2.16. The van der Waals surface area contributed by atoms with Gasteiger partial charge >= 0.3 is 6.16 Å². The zero-order chi connectivity index (χ0) is 19.1. The van der Waals surface area contributed by atoms with E-state index in [0.717, 1.165) is 12.0 Å². The maximum Gasteiger partial charge on any atom is 0.513 e. The average Bonchev–Trinajstić information content (AvgIpc) is 2.63. The lowest BCUT2D eigenvalue weighted by atomic mass is 10.1. The van der Waals surface area contributed by atoms with Crippen molar-refractivity contribution in [3.8, 4) is 17.2 Å². The van der Waals surface area contributed by atoms with E-state index >= 15 is 0 Å². The lowest BCUT2D eigenvalue weighted by molar-refractivity contribution is 0.120. The number of aryl methyl sites for hydroxylation is 2. The third kappa shape index (κ3) is 4.82. The van der Waals surface area contributed by atoms with Crippen LogP contribution >= 0.6 is 11.6 Å². The number of benzene rings is 2. The summed E-state index contributed by atoms with van der Waals surface area (Å²) < 4.78 is 21.3. The summed E-state index contributed by atoms with van der Waals surface area (Å²) in [4.78, 5) is 11.5. The molecule has 0 unspecified atom stereocenters. The molecule has 2 aromatic carbocycles. The molecule has 2 rings (SSSR count). The van der Waals surface area contributed by atoms with Crippen molar-refractivity contribution in [2.24, 2.45) is 0 Å². The third-order valence-corrected chi connectivity index (χ3v) is 4.19. The van der Waals surface area contributed by atoms with Crippen LogP contribution in [-0.4, -0.2) is 19.9 Å². The van der Waals surface area contributed by atoms with Gasteiger partial charge in [0.1, 0.15) is 23.9 Å². The number of hydrogen-bond acceptors (Lipinski definition) is 5. The van der Waals surface area contributed by atoms with Crippen LogP contribution in [0.3, 0.4) is 0 Å². The van der Waals surface area contributed by atoms with E-state index in [1.807, 2.05) is 26.0 Å². The number of rotatable bonds is 7. The first kappa shape index (κ1) is 19.9. The van der Waals surface area contributed by atoms with Gasteiger partial charge in [-0.3, -0.25) is 0 Å². The fourth-order valence-corrected chi connectivity index (χ4v) is 2.78. The van der Waals surface area contributed by atoms with E-state index in [1.165, 1.54) is 12.7 Å². The fraction of sp³-hybridized carbons (Fsp3) is 0.350. The van der Waals surface area contributed by atoms with E-state index in [-0.39, 0.29) is 6.61 Å². The second-order valence-corrected chi connectivity index (χ2v) is 5.98. The number of carbonyl (C=O) groups excluding carboxylic acids is 1. The molecule has 6 heteroatoms. The Balaban J connectivity index is 2.30. The van der Waals surface area contributed by atoms with E-state index in [1.54, 1.807) is 18.2 Å². The van der Waals surface area contributed by atoms with Crippen molar-refractivity contribution in [1.82, 2.24) is 0 Å². The molecule has 0 radical (unpaired) electrons. The molecule has 0 saturated heterocycles. The van der Waals surface area contributed by atoms with E-state index in [0.29, 0.717) is 34.4 Å². The summed E-state index contributed by atoms with van der Waals surface area (Å²) in [6.45, 7) is 6.57. The Morgan fingerprint density at radius 3 is 2.46 bits per heavy atom.